The van der Waals surface area contributed by atoms with Gasteiger partial charge in [-0.3, -0.25) is 10.2 Å². The number of rotatable bonds is 4. The molecule has 0 saturated carbocycles. The number of alkyl halides is 1. The van der Waals surface area contributed by atoms with Crippen molar-refractivity contribution < 1.29 is 9.59 Å². The largest absolute Gasteiger partial charge is 0.365 e. The Balaban J connectivity index is 1.61. The number of pyridine rings is 1. The van der Waals surface area contributed by atoms with Gasteiger partial charge >= 0.3 is 6.03 Å². The molecule has 26 heavy (non-hydrogen) atoms. The molecule has 0 spiro atoms. The quantitative estimate of drug-likeness (QED) is 0.605. The Morgan fingerprint density at radius 2 is 2.23 bits per heavy atom. The Bertz CT molecular complexity index is 860. The number of aromatic nitrogens is 1. The van der Waals surface area contributed by atoms with Crippen molar-refractivity contribution in [1.82, 2.24) is 26.1 Å². The maximum Gasteiger partial charge on any atom is 0.330 e. The number of anilines is 1. The average Bonchev–Trinajstić information content (AvgIpc) is 3.30. The first-order chi connectivity index (χ1) is 12.6. The summed E-state index contributed by atoms with van der Waals surface area (Å²) in [7, 11) is 0. The standard InChI is InChI=1S/C17H19ClN6O2/c18-8-14(25)24-6-5-11(9-24)19-15-12-4-2-1-3-10(12)7-13(20-15)16-21-17(26)23-22-16/h1-4,7,11,16,22H,5-6,8-9H2,(H,19,20)(H2,21,23,26)/t11-,16?/m0/s1. The second-order valence-corrected chi connectivity index (χ2v) is 6.66. The molecule has 0 aliphatic carbocycles. The van der Waals surface area contributed by atoms with Crippen LogP contribution in [0.25, 0.3) is 10.8 Å². The van der Waals surface area contributed by atoms with Gasteiger partial charge in [-0.15, -0.1) is 11.6 Å². The number of hydrogen-bond acceptors (Lipinski definition) is 5. The molecule has 136 valence electrons. The van der Waals surface area contributed by atoms with Gasteiger partial charge in [0.1, 0.15) is 17.9 Å². The van der Waals surface area contributed by atoms with Crippen LogP contribution < -0.4 is 21.5 Å². The first-order valence-electron chi connectivity index (χ1n) is 8.46. The Morgan fingerprint density at radius 1 is 1.38 bits per heavy atom. The molecule has 2 atom stereocenters. The van der Waals surface area contributed by atoms with Crippen molar-refractivity contribution in [2.24, 2.45) is 0 Å². The third-order valence-electron chi connectivity index (χ3n) is 4.66. The first-order valence-corrected chi connectivity index (χ1v) is 8.99. The van der Waals surface area contributed by atoms with E-state index in [9.17, 15) is 9.59 Å². The highest BCUT2D eigenvalue weighted by molar-refractivity contribution is 6.27. The van der Waals surface area contributed by atoms with Gasteiger partial charge in [0.05, 0.1) is 5.69 Å². The highest BCUT2D eigenvalue weighted by atomic mass is 35.5. The van der Waals surface area contributed by atoms with Crippen LogP contribution in [0.2, 0.25) is 0 Å². The topological polar surface area (TPSA) is 98.4 Å². The first kappa shape index (κ1) is 16.9. The van der Waals surface area contributed by atoms with Gasteiger partial charge in [-0.25, -0.2) is 15.2 Å². The minimum absolute atomic E-state index is 0.00341. The molecule has 4 N–H and O–H groups in total. The summed E-state index contributed by atoms with van der Waals surface area (Å²) in [6, 6.07) is 9.71. The van der Waals surface area contributed by atoms with Crippen molar-refractivity contribution in [3.63, 3.8) is 0 Å². The lowest BCUT2D eigenvalue weighted by molar-refractivity contribution is -0.127. The van der Waals surface area contributed by atoms with Crippen LogP contribution in [0.15, 0.2) is 30.3 Å². The van der Waals surface area contributed by atoms with Crippen LogP contribution >= 0.6 is 11.6 Å². The van der Waals surface area contributed by atoms with Crippen LogP contribution in [0.3, 0.4) is 0 Å². The van der Waals surface area contributed by atoms with Gasteiger partial charge in [-0.2, -0.15) is 0 Å². The van der Waals surface area contributed by atoms with Gasteiger partial charge in [0.25, 0.3) is 0 Å². The summed E-state index contributed by atoms with van der Waals surface area (Å²) in [5, 5.41) is 8.24. The lowest BCUT2D eigenvalue weighted by Gasteiger charge is -2.19. The van der Waals surface area contributed by atoms with Crippen molar-refractivity contribution in [3.8, 4) is 0 Å². The number of halogens is 1. The van der Waals surface area contributed by atoms with E-state index in [4.69, 9.17) is 16.6 Å². The number of carbonyl (C=O) groups excluding carboxylic acids is 2. The van der Waals surface area contributed by atoms with Crippen LogP contribution in [-0.4, -0.2) is 46.8 Å². The molecule has 1 aromatic carbocycles. The lowest BCUT2D eigenvalue weighted by Crippen LogP contribution is -2.32. The van der Waals surface area contributed by atoms with Crippen molar-refractivity contribution in [2.75, 3.05) is 24.3 Å². The summed E-state index contributed by atoms with van der Waals surface area (Å²) in [4.78, 5) is 29.7. The number of hydrogen-bond donors (Lipinski definition) is 4. The van der Waals surface area contributed by atoms with Gasteiger partial charge in [0.15, 0.2) is 0 Å². The molecule has 2 saturated heterocycles. The number of fused-ring (bicyclic) bond motifs is 1. The molecule has 4 rings (SSSR count). The number of amides is 3. The normalized spacial score (nSPS) is 22.3. The molecule has 2 fully saturated rings. The minimum Gasteiger partial charge on any atom is -0.365 e. The zero-order valence-corrected chi connectivity index (χ0v) is 14.7. The van der Waals surface area contributed by atoms with Crippen LogP contribution in [0, 0.1) is 0 Å². The van der Waals surface area contributed by atoms with E-state index in [1.807, 2.05) is 30.3 Å². The van der Waals surface area contributed by atoms with Crippen molar-refractivity contribution >= 4 is 40.1 Å². The SMILES string of the molecule is O=C1NNC(c2cc3ccccc3c(N[C@H]3CCN(C(=O)CCl)C3)n2)N1. The lowest BCUT2D eigenvalue weighted by atomic mass is 10.1. The molecular weight excluding hydrogens is 356 g/mol. The van der Waals surface area contributed by atoms with E-state index < -0.39 is 6.17 Å². The van der Waals surface area contributed by atoms with Crippen molar-refractivity contribution in [2.45, 2.75) is 18.6 Å². The maximum atomic E-state index is 11.8. The second-order valence-electron chi connectivity index (χ2n) is 6.40. The van der Waals surface area contributed by atoms with Crippen LogP contribution in [0.1, 0.15) is 18.3 Å². The molecule has 2 aliphatic heterocycles. The monoisotopic (exact) mass is 374 g/mol. The predicted molar refractivity (Wildman–Crippen MR) is 98.6 cm³/mol. The fourth-order valence-corrected chi connectivity index (χ4v) is 3.52. The molecule has 2 aromatic rings. The zero-order chi connectivity index (χ0) is 18.1. The Labute approximate surface area is 155 Å². The number of hydrazine groups is 1. The Kier molecular flexibility index (Phi) is 4.52. The molecule has 0 radical (unpaired) electrons. The molecule has 0 bridgehead atoms. The molecule has 1 unspecified atom stereocenters. The molecule has 3 heterocycles. The molecule has 8 nitrogen and oxygen atoms in total. The van der Waals surface area contributed by atoms with Gasteiger partial charge in [-0.05, 0) is 17.9 Å². The Hall–Kier alpha value is -2.58. The number of benzene rings is 1. The highest BCUT2D eigenvalue weighted by Crippen LogP contribution is 2.27. The summed E-state index contributed by atoms with van der Waals surface area (Å²) in [5.41, 5.74) is 6.09. The maximum absolute atomic E-state index is 11.8. The van der Waals surface area contributed by atoms with E-state index in [2.05, 4.69) is 21.5 Å². The van der Waals surface area contributed by atoms with E-state index in [1.165, 1.54) is 0 Å². The zero-order valence-electron chi connectivity index (χ0n) is 14.0. The second kappa shape index (κ2) is 6.97. The van der Waals surface area contributed by atoms with E-state index in [0.29, 0.717) is 18.8 Å². The number of urea groups is 1. The van der Waals surface area contributed by atoms with Gasteiger partial charge in [0, 0.05) is 24.5 Å². The van der Waals surface area contributed by atoms with Gasteiger partial charge < -0.3 is 15.5 Å². The molecule has 1 aromatic heterocycles. The van der Waals surface area contributed by atoms with Gasteiger partial charge in [0.2, 0.25) is 5.91 Å². The van der Waals surface area contributed by atoms with Crippen LogP contribution in [-0.2, 0) is 4.79 Å². The predicted octanol–water partition coefficient (Wildman–Crippen LogP) is 1.30. The number of nitrogens with zero attached hydrogens (tertiary/aromatic N) is 2. The summed E-state index contributed by atoms with van der Waals surface area (Å²) < 4.78 is 0. The summed E-state index contributed by atoms with van der Waals surface area (Å²) in [6.45, 7) is 1.29. The average molecular weight is 375 g/mol. The number of likely N-dealkylation sites (tertiary alicyclic amines) is 1. The molecule has 2 aliphatic rings. The third kappa shape index (κ3) is 3.25. The smallest absolute Gasteiger partial charge is 0.330 e. The fourth-order valence-electron chi connectivity index (χ4n) is 3.35. The highest BCUT2D eigenvalue weighted by Gasteiger charge is 2.27. The van der Waals surface area contributed by atoms with Gasteiger partial charge in [-0.1, -0.05) is 24.3 Å². The van der Waals surface area contributed by atoms with Crippen molar-refractivity contribution in [3.05, 3.63) is 36.0 Å². The summed E-state index contributed by atoms with van der Waals surface area (Å²) in [5.74, 6) is 0.696. The van der Waals surface area contributed by atoms with Crippen molar-refractivity contribution in [1.29, 1.82) is 0 Å². The number of carbonyl (C=O) groups is 2. The summed E-state index contributed by atoms with van der Waals surface area (Å²) >= 11 is 5.65. The molecule has 9 heteroatoms. The van der Waals surface area contributed by atoms with E-state index in [0.717, 1.165) is 23.0 Å². The van der Waals surface area contributed by atoms with E-state index in [-0.39, 0.29) is 23.9 Å². The number of nitrogens with one attached hydrogen (secondary N) is 4. The molecule has 3 amide bonds. The third-order valence-corrected chi connectivity index (χ3v) is 4.89. The summed E-state index contributed by atoms with van der Waals surface area (Å²) in [6.07, 6.45) is 0.439. The Morgan fingerprint density at radius 3 is 3.00 bits per heavy atom. The van der Waals surface area contributed by atoms with E-state index >= 15 is 0 Å². The van der Waals surface area contributed by atoms with Crippen LogP contribution in [0.5, 0.6) is 0 Å². The molecular formula is C17H19ClN6O2. The van der Waals surface area contributed by atoms with E-state index in [1.54, 1.807) is 4.90 Å². The minimum atomic E-state index is -0.398. The fraction of sp³-hybridized carbons (Fsp3) is 0.353. The van der Waals surface area contributed by atoms with Crippen LogP contribution in [0.4, 0.5) is 10.6 Å².